The van der Waals surface area contributed by atoms with Gasteiger partial charge in [-0.05, 0) is 37.8 Å². The molecule has 0 fully saturated rings. The van der Waals surface area contributed by atoms with Gasteiger partial charge in [0, 0.05) is 11.7 Å². The molecule has 0 radical (unpaired) electrons. The van der Waals surface area contributed by atoms with Crippen LogP contribution in [-0.4, -0.2) is 14.5 Å². The molecule has 0 aliphatic carbocycles. The zero-order chi connectivity index (χ0) is 13.6. The third-order valence-corrected chi connectivity index (χ3v) is 3.01. The SMILES string of the molecule is CC(C)(C)CC(C)(C)n1c(N)nc2cccnc21. The van der Waals surface area contributed by atoms with Crippen LogP contribution < -0.4 is 5.73 Å². The molecule has 2 heterocycles. The molecule has 0 aromatic carbocycles. The van der Waals surface area contributed by atoms with Crippen molar-refractivity contribution in [1.29, 1.82) is 0 Å². The number of pyridine rings is 1. The number of hydrogen-bond acceptors (Lipinski definition) is 3. The van der Waals surface area contributed by atoms with E-state index in [1.54, 1.807) is 6.20 Å². The maximum atomic E-state index is 6.07. The summed E-state index contributed by atoms with van der Waals surface area (Å²) in [5, 5.41) is 0. The topological polar surface area (TPSA) is 56.7 Å². The molecule has 4 heteroatoms. The molecule has 98 valence electrons. The zero-order valence-electron chi connectivity index (χ0n) is 11.9. The molecule has 0 amide bonds. The second-order valence-corrected chi connectivity index (χ2v) is 6.70. The smallest absolute Gasteiger partial charge is 0.202 e. The first-order valence-corrected chi connectivity index (χ1v) is 6.30. The number of anilines is 1. The predicted molar refractivity (Wildman–Crippen MR) is 75.3 cm³/mol. The Labute approximate surface area is 108 Å². The monoisotopic (exact) mass is 246 g/mol. The van der Waals surface area contributed by atoms with Crippen molar-refractivity contribution in [1.82, 2.24) is 14.5 Å². The molecule has 0 aliphatic heterocycles. The van der Waals surface area contributed by atoms with Crippen molar-refractivity contribution in [2.75, 3.05) is 5.73 Å². The van der Waals surface area contributed by atoms with Gasteiger partial charge in [-0.3, -0.25) is 4.57 Å². The van der Waals surface area contributed by atoms with Gasteiger partial charge in [0.2, 0.25) is 5.95 Å². The van der Waals surface area contributed by atoms with Crippen LogP contribution in [0.25, 0.3) is 11.2 Å². The van der Waals surface area contributed by atoms with Crippen LogP contribution in [0.5, 0.6) is 0 Å². The maximum absolute atomic E-state index is 6.07. The molecule has 2 N–H and O–H groups in total. The van der Waals surface area contributed by atoms with Gasteiger partial charge < -0.3 is 5.73 Å². The summed E-state index contributed by atoms with van der Waals surface area (Å²) < 4.78 is 2.05. The molecule has 4 nitrogen and oxygen atoms in total. The number of aromatic nitrogens is 3. The van der Waals surface area contributed by atoms with Gasteiger partial charge in [-0.25, -0.2) is 9.97 Å². The van der Waals surface area contributed by atoms with Crippen LogP contribution in [0.1, 0.15) is 41.0 Å². The van der Waals surface area contributed by atoms with Gasteiger partial charge in [-0.15, -0.1) is 0 Å². The van der Waals surface area contributed by atoms with E-state index in [4.69, 9.17) is 5.73 Å². The molecule has 0 saturated heterocycles. The number of rotatable bonds is 2. The molecular weight excluding hydrogens is 224 g/mol. The zero-order valence-corrected chi connectivity index (χ0v) is 11.9. The van der Waals surface area contributed by atoms with Gasteiger partial charge in [0.1, 0.15) is 5.52 Å². The molecule has 18 heavy (non-hydrogen) atoms. The second-order valence-electron chi connectivity index (χ2n) is 6.70. The minimum absolute atomic E-state index is 0.106. The quantitative estimate of drug-likeness (QED) is 0.885. The molecule has 0 aliphatic rings. The van der Waals surface area contributed by atoms with Crippen LogP contribution in [-0.2, 0) is 5.54 Å². The minimum Gasteiger partial charge on any atom is -0.369 e. The van der Waals surface area contributed by atoms with Gasteiger partial charge in [0.05, 0.1) is 0 Å². The molecule has 2 aromatic heterocycles. The predicted octanol–water partition coefficient (Wildman–Crippen LogP) is 3.18. The van der Waals surface area contributed by atoms with Gasteiger partial charge >= 0.3 is 0 Å². The van der Waals surface area contributed by atoms with Gasteiger partial charge in [0.25, 0.3) is 0 Å². The van der Waals surface area contributed by atoms with Crippen molar-refractivity contribution in [2.45, 2.75) is 46.6 Å². The van der Waals surface area contributed by atoms with E-state index in [2.05, 4.69) is 44.6 Å². The standard InChI is InChI=1S/C14H22N4/c1-13(2,3)9-14(4,5)18-11-10(17-12(18)15)7-6-8-16-11/h6-8H,9H2,1-5H3,(H2,15,17). The van der Waals surface area contributed by atoms with Crippen LogP contribution in [0, 0.1) is 5.41 Å². The van der Waals surface area contributed by atoms with Crippen LogP contribution in [0.15, 0.2) is 18.3 Å². The van der Waals surface area contributed by atoms with Crippen LogP contribution in [0.2, 0.25) is 0 Å². The van der Waals surface area contributed by atoms with Gasteiger partial charge in [0.15, 0.2) is 5.65 Å². The van der Waals surface area contributed by atoms with E-state index >= 15 is 0 Å². The van der Waals surface area contributed by atoms with Crippen molar-refractivity contribution >= 4 is 17.1 Å². The summed E-state index contributed by atoms with van der Waals surface area (Å²) in [5.41, 5.74) is 7.91. The first kappa shape index (κ1) is 12.9. The molecule has 2 aromatic rings. The third kappa shape index (κ3) is 2.33. The normalized spacial score (nSPS) is 13.2. The summed E-state index contributed by atoms with van der Waals surface area (Å²) in [5.74, 6) is 0.540. The van der Waals surface area contributed by atoms with E-state index in [0.717, 1.165) is 17.6 Å². The van der Waals surface area contributed by atoms with Crippen LogP contribution in [0.4, 0.5) is 5.95 Å². The Morgan fingerprint density at radius 2 is 1.89 bits per heavy atom. The summed E-state index contributed by atoms with van der Waals surface area (Å²) >= 11 is 0. The van der Waals surface area contributed by atoms with Crippen molar-refractivity contribution in [3.63, 3.8) is 0 Å². The molecule has 2 rings (SSSR count). The number of nitrogens with zero attached hydrogens (tertiary/aromatic N) is 3. The molecule has 0 unspecified atom stereocenters. The van der Waals surface area contributed by atoms with E-state index in [1.165, 1.54) is 0 Å². The Kier molecular flexibility index (Phi) is 2.84. The number of imidazole rings is 1. The van der Waals surface area contributed by atoms with Crippen molar-refractivity contribution < 1.29 is 0 Å². The first-order valence-electron chi connectivity index (χ1n) is 6.30. The summed E-state index contributed by atoms with van der Waals surface area (Å²) in [6.45, 7) is 11.1. The van der Waals surface area contributed by atoms with Crippen molar-refractivity contribution in [2.24, 2.45) is 5.41 Å². The highest BCUT2D eigenvalue weighted by Gasteiger charge is 2.30. The van der Waals surface area contributed by atoms with E-state index in [1.807, 2.05) is 16.7 Å². The third-order valence-electron chi connectivity index (χ3n) is 3.01. The average Bonchev–Trinajstić information content (AvgIpc) is 2.49. The molecule has 0 spiro atoms. The number of hydrogen-bond donors (Lipinski definition) is 1. The van der Waals surface area contributed by atoms with E-state index in [9.17, 15) is 0 Å². The lowest BCUT2D eigenvalue weighted by molar-refractivity contribution is 0.221. The van der Waals surface area contributed by atoms with Crippen LogP contribution in [0.3, 0.4) is 0 Å². The lowest BCUT2D eigenvalue weighted by Crippen LogP contribution is -2.32. The second kappa shape index (κ2) is 3.97. The summed E-state index contributed by atoms with van der Waals surface area (Å²) in [6, 6.07) is 3.83. The number of nitrogens with two attached hydrogens (primary N) is 1. The van der Waals surface area contributed by atoms with Crippen molar-refractivity contribution in [3.05, 3.63) is 18.3 Å². The highest BCUT2D eigenvalue weighted by Crippen LogP contribution is 2.35. The molecular formula is C14H22N4. The van der Waals surface area contributed by atoms with Gasteiger partial charge in [-0.2, -0.15) is 0 Å². The molecule has 0 saturated carbocycles. The minimum atomic E-state index is -0.106. The Morgan fingerprint density at radius 3 is 2.50 bits per heavy atom. The summed E-state index contributed by atoms with van der Waals surface area (Å²) in [6.07, 6.45) is 2.79. The molecule has 0 bridgehead atoms. The first-order chi connectivity index (χ1) is 8.21. The Morgan fingerprint density at radius 1 is 1.22 bits per heavy atom. The van der Waals surface area contributed by atoms with E-state index in [-0.39, 0.29) is 11.0 Å². The summed E-state index contributed by atoms with van der Waals surface area (Å²) in [4.78, 5) is 8.81. The van der Waals surface area contributed by atoms with Crippen LogP contribution >= 0.6 is 0 Å². The van der Waals surface area contributed by atoms with E-state index in [0.29, 0.717) is 5.95 Å². The number of nitrogen functional groups attached to an aromatic ring is 1. The fourth-order valence-electron chi connectivity index (χ4n) is 2.90. The highest BCUT2D eigenvalue weighted by atomic mass is 15.2. The largest absolute Gasteiger partial charge is 0.369 e. The fraction of sp³-hybridized carbons (Fsp3) is 0.571. The Balaban J connectivity index is 2.56. The highest BCUT2D eigenvalue weighted by molar-refractivity contribution is 5.74. The Hall–Kier alpha value is -1.58. The average molecular weight is 246 g/mol. The van der Waals surface area contributed by atoms with Gasteiger partial charge in [-0.1, -0.05) is 20.8 Å². The van der Waals surface area contributed by atoms with E-state index < -0.39 is 0 Å². The molecule has 0 atom stereocenters. The summed E-state index contributed by atoms with van der Waals surface area (Å²) in [7, 11) is 0. The maximum Gasteiger partial charge on any atom is 0.202 e. The Bertz CT molecular complexity index is 561. The van der Waals surface area contributed by atoms with Crippen molar-refractivity contribution in [3.8, 4) is 0 Å². The lowest BCUT2D eigenvalue weighted by Gasteiger charge is -2.34. The number of fused-ring (bicyclic) bond motifs is 1. The fourth-order valence-corrected chi connectivity index (χ4v) is 2.90. The lowest BCUT2D eigenvalue weighted by atomic mass is 9.81.